The van der Waals surface area contributed by atoms with Crippen LogP contribution < -0.4 is 0 Å². The Balaban J connectivity index is 1.89. The van der Waals surface area contributed by atoms with E-state index >= 15 is 0 Å². The number of hydrogen-bond acceptors (Lipinski definition) is 4. The first kappa shape index (κ1) is 26.5. The van der Waals surface area contributed by atoms with Crippen LogP contribution in [-0.4, -0.2) is 29.2 Å². The summed E-state index contributed by atoms with van der Waals surface area (Å²) in [6, 6.07) is 19.2. The van der Waals surface area contributed by atoms with E-state index in [1.54, 1.807) is 0 Å². The lowest BCUT2D eigenvalue weighted by Crippen LogP contribution is -2.13. The quantitative estimate of drug-likeness (QED) is 0.295. The molecule has 0 fully saturated rings. The molecule has 0 saturated carbocycles. The van der Waals surface area contributed by atoms with Gasteiger partial charge in [-0.2, -0.15) is 0 Å². The number of aliphatic imine (C=N–C) groups is 2. The Kier molecular flexibility index (Phi) is 8.06. The Morgan fingerprint density at radius 3 is 2.14 bits per heavy atom. The van der Waals surface area contributed by atoms with Gasteiger partial charge < -0.3 is 4.74 Å². The second-order valence-electron chi connectivity index (χ2n) is 10.8. The minimum absolute atomic E-state index is 0.160. The Morgan fingerprint density at radius 2 is 1.59 bits per heavy atom. The van der Waals surface area contributed by atoms with Gasteiger partial charge in [-0.15, -0.1) is 0 Å². The van der Waals surface area contributed by atoms with Gasteiger partial charge in [0.05, 0.1) is 23.1 Å². The van der Waals surface area contributed by atoms with Gasteiger partial charge in [0.15, 0.2) is 0 Å². The van der Waals surface area contributed by atoms with Crippen molar-refractivity contribution in [2.75, 3.05) is 6.61 Å². The highest BCUT2D eigenvalue weighted by Crippen LogP contribution is 2.36. The molecule has 2 aromatic carbocycles. The molecule has 4 heteroatoms. The largest absolute Gasteiger partial charge is 0.474 e. The van der Waals surface area contributed by atoms with Gasteiger partial charge in [-0.25, -0.2) is 9.98 Å². The summed E-state index contributed by atoms with van der Waals surface area (Å²) in [4.78, 5) is 15.2. The van der Waals surface area contributed by atoms with E-state index in [-0.39, 0.29) is 6.04 Å². The molecule has 0 spiro atoms. The molecular weight excluding hydrogens is 454 g/mol. The fraction of sp³-hybridized carbons (Fsp3) is 0.364. The summed E-state index contributed by atoms with van der Waals surface area (Å²) in [5.74, 6) is 1.77. The van der Waals surface area contributed by atoms with Gasteiger partial charge in [-0.1, -0.05) is 96.7 Å². The highest BCUT2D eigenvalue weighted by atomic mass is 16.5. The van der Waals surface area contributed by atoms with Crippen LogP contribution in [0.5, 0.6) is 0 Å². The van der Waals surface area contributed by atoms with E-state index in [1.165, 1.54) is 11.1 Å². The molecule has 0 radical (unpaired) electrons. The zero-order valence-corrected chi connectivity index (χ0v) is 23.2. The first-order valence-electron chi connectivity index (χ1n) is 13.3. The van der Waals surface area contributed by atoms with Crippen molar-refractivity contribution in [2.45, 2.75) is 66.3 Å². The van der Waals surface area contributed by atoms with Crippen LogP contribution in [0.25, 0.3) is 17.2 Å². The maximum absolute atomic E-state index is 5.98. The molecule has 1 aromatic heterocycles. The van der Waals surface area contributed by atoms with E-state index < -0.39 is 0 Å². The number of hydrogen-bond donors (Lipinski definition) is 0. The van der Waals surface area contributed by atoms with Crippen LogP contribution in [0.3, 0.4) is 0 Å². The fourth-order valence-corrected chi connectivity index (χ4v) is 4.62. The number of rotatable bonds is 8. The summed E-state index contributed by atoms with van der Waals surface area (Å²) >= 11 is 0. The Hall–Kier alpha value is -3.53. The number of para-hydroxylation sites is 1. The Bertz CT molecular complexity index is 1300. The van der Waals surface area contributed by atoms with Gasteiger partial charge in [0.25, 0.3) is 0 Å². The number of pyridine rings is 1. The molecule has 0 N–H and O–H groups in total. The predicted octanol–water partition coefficient (Wildman–Crippen LogP) is 8.58. The van der Waals surface area contributed by atoms with Gasteiger partial charge in [0.2, 0.25) is 5.90 Å². The molecule has 4 nitrogen and oxygen atoms in total. The molecule has 1 atom stereocenters. The summed E-state index contributed by atoms with van der Waals surface area (Å²) in [5.41, 5.74) is 9.23. The van der Waals surface area contributed by atoms with Gasteiger partial charge in [-0.05, 0) is 59.1 Å². The maximum atomic E-state index is 5.98. The zero-order chi connectivity index (χ0) is 26.7. The predicted molar refractivity (Wildman–Crippen MR) is 157 cm³/mol. The molecule has 0 amide bonds. The molecule has 0 bridgehead atoms. The topological polar surface area (TPSA) is 46.8 Å². The van der Waals surface area contributed by atoms with Gasteiger partial charge >= 0.3 is 0 Å². The van der Waals surface area contributed by atoms with Crippen molar-refractivity contribution in [1.82, 2.24) is 4.98 Å². The first-order chi connectivity index (χ1) is 17.7. The molecule has 3 aromatic rings. The second-order valence-corrected chi connectivity index (χ2v) is 10.8. The van der Waals surface area contributed by atoms with Gasteiger partial charge in [0, 0.05) is 5.56 Å². The molecule has 4 rings (SSSR count). The summed E-state index contributed by atoms with van der Waals surface area (Å²) in [5, 5.41) is 0. The van der Waals surface area contributed by atoms with Gasteiger partial charge in [0.1, 0.15) is 12.3 Å². The third kappa shape index (κ3) is 5.74. The highest BCUT2D eigenvalue weighted by Gasteiger charge is 2.25. The molecule has 2 heterocycles. The molecule has 192 valence electrons. The number of benzene rings is 2. The van der Waals surface area contributed by atoms with Crippen molar-refractivity contribution in [3.8, 4) is 11.1 Å². The van der Waals surface area contributed by atoms with Crippen molar-refractivity contribution in [3.05, 3.63) is 89.3 Å². The van der Waals surface area contributed by atoms with Crippen molar-refractivity contribution in [1.29, 1.82) is 0 Å². The number of nitrogens with zero attached hydrogens (tertiary/aromatic N) is 3. The van der Waals surface area contributed by atoms with Crippen LogP contribution in [-0.2, 0) is 4.74 Å². The minimum Gasteiger partial charge on any atom is -0.474 e. The fourth-order valence-electron chi connectivity index (χ4n) is 4.62. The van der Waals surface area contributed by atoms with Crippen molar-refractivity contribution in [3.63, 3.8) is 0 Å². The standard InChI is InChI=1S/C33H39N3O/c1-9-24-13-15-25(16-14-24)28-17-18-29(33-36-30(19-37-33)22(6)7)35-31(28)23(8)34-32-26(20(2)3)11-10-12-27(32)21(4)5/h9-18,20-22,30H,1,19H2,2-8H3/t30-/m1/s1. The average molecular weight is 494 g/mol. The highest BCUT2D eigenvalue weighted by molar-refractivity contribution is 6.05. The van der Waals surface area contributed by atoms with Crippen molar-refractivity contribution < 1.29 is 4.74 Å². The summed E-state index contributed by atoms with van der Waals surface area (Å²) in [6.07, 6.45) is 1.86. The maximum Gasteiger partial charge on any atom is 0.235 e. The monoisotopic (exact) mass is 493 g/mol. The van der Waals surface area contributed by atoms with E-state index in [2.05, 4.69) is 104 Å². The Labute approximate surface area is 222 Å². The zero-order valence-electron chi connectivity index (χ0n) is 23.2. The summed E-state index contributed by atoms with van der Waals surface area (Å²) in [6.45, 7) is 19.8. The van der Waals surface area contributed by atoms with Crippen molar-refractivity contribution >= 4 is 23.4 Å². The number of ether oxygens (including phenoxy) is 1. The van der Waals surface area contributed by atoms with E-state index in [0.717, 1.165) is 39.5 Å². The van der Waals surface area contributed by atoms with Crippen LogP contribution in [0.2, 0.25) is 0 Å². The van der Waals surface area contributed by atoms with Crippen LogP contribution >= 0.6 is 0 Å². The van der Waals surface area contributed by atoms with Crippen molar-refractivity contribution in [2.24, 2.45) is 15.9 Å². The smallest absolute Gasteiger partial charge is 0.235 e. The third-order valence-corrected chi connectivity index (χ3v) is 6.98. The third-order valence-electron chi connectivity index (χ3n) is 6.98. The average Bonchev–Trinajstić information content (AvgIpc) is 3.39. The molecular formula is C33H39N3O. The van der Waals surface area contributed by atoms with Gasteiger partial charge in [-0.3, -0.25) is 4.99 Å². The summed E-state index contributed by atoms with van der Waals surface area (Å²) < 4.78 is 5.98. The lowest BCUT2D eigenvalue weighted by molar-refractivity contribution is 0.291. The molecule has 37 heavy (non-hydrogen) atoms. The molecule has 1 aliphatic heterocycles. The second kappa shape index (κ2) is 11.2. The summed E-state index contributed by atoms with van der Waals surface area (Å²) in [7, 11) is 0. The van der Waals surface area contributed by atoms with Crippen LogP contribution in [0.4, 0.5) is 5.69 Å². The van der Waals surface area contributed by atoms with E-state index in [9.17, 15) is 0 Å². The molecule has 0 saturated heterocycles. The first-order valence-corrected chi connectivity index (χ1v) is 13.3. The van der Waals surface area contributed by atoms with E-state index in [4.69, 9.17) is 19.7 Å². The Morgan fingerprint density at radius 1 is 0.946 bits per heavy atom. The van der Waals surface area contributed by atoms with E-state index in [1.807, 2.05) is 12.1 Å². The van der Waals surface area contributed by atoms with Crippen LogP contribution in [0.1, 0.15) is 88.4 Å². The number of aromatic nitrogens is 1. The SMILES string of the molecule is C=Cc1ccc(-c2ccc(C3=N[C@@H](C(C)C)CO3)nc2C(C)=Nc2c(C(C)C)cccc2C(C)C)cc1. The molecule has 0 unspecified atom stereocenters. The van der Waals surface area contributed by atoms with E-state index in [0.29, 0.717) is 30.3 Å². The molecule has 0 aliphatic carbocycles. The normalized spacial score (nSPS) is 15.9. The lowest BCUT2D eigenvalue weighted by atomic mass is 9.92. The van der Waals surface area contributed by atoms with Crippen LogP contribution in [0, 0.1) is 5.92 Å². The molecule has 1 aliphatic rings. The minimum atomic E-state index is 0.160. The van der Waals surface area contributed by atoms with Crippen LogP contribution in [0.15, 0.2) is 71.2 Å². The lowest BCUT2D eigenvalue weighted by Gasteiger charge is -2.18.